The molecule has 1 fully saturated rings. The van der Waals surface area contributed by atoms with Gasteiger partial charge in [0.1, 0.15) is 0 Å². The smallest absolute Gasteiger partial charge is 0.240 e. The maximum Gasteiger partial charge on any atom is 0.240 e. The van der Waals surface area contributed by atoms with Gasteiger partial charge in [-0.25, -0.2) is 4.52 Å². The molecule has 0 unspecified atom stereocenters. The molecule has 3 heterocycles. The number of fused-ring (bicyclic) bond motifs is 1. The van der Waals surface area contributed by atoms with Crippen LogP contribution in [0, 0.1) is 17.2 Å². The maximum absolute atomic E-state index is 8.84. The fourth-order valence-electron chi connectivity index (χ4n) is 2.75. The van der Waals surface area contributed by atoms with Crippen LogP contribution in [0.4, 0.5) is 11.6 Å². The van der Waals surface area contributed by atoms with E-state index in [9.17, 15) is 0 Å². The van der Waals surface area contributed by atoms with Gasteiger partial charge in [-0.3, -0.25) is 0 Å². The molecule has 0 saturated carbocycles. The van der Waals surface area contributed by atoms with Crippen LogP contribution < -0.4 is 10.6 Å². The van der Waals surface area contributed by atoms with Crippen molar-refractivity contribution in [3.05, 3.63) is 42.5 Å². The van der Waals surface area contributed by atoms with Crippen molar-refractivity contribution in [2.45, 2.75) is 0 Å². The van der Waals surface area contributed by atoms with E-state index in [-0.39, 0.29) is 11.9 Å². The van der Waals surface area contributed by atoms with Crippen molar-refractivity contribution in [3.8, 4) is 17.3 Å². The van der Waals surface area contributed by atoms with Crippen LogP contribution in [0.25, 0.3) is 16.9 Å². The van der Waals surface area contributed by atoms with E-state index in [0.717, 1.165) is 35.7 Å². The number of rotatable bonds is 2. The summed E-state index contributed by atoms with van der Waals surface area (Å²) in [6.45, 7) is 1.62. The van der Waals surface area contributed by atoms with Crippen molar-refractivity contribution in [1.29, 1.82) is 5.26 Å². The zero-order valence-corrected chi connectivity index (χ0v) is 11.8. The molecule has 0 bridgehead atoms. The maximum atomic E-state index is 8.84. The van der Waals surface area contributed by atoms with Gasteiger partial charge in [-0.15, -0.1) is 5.10 Å². The molecule has 1 saturated heterocycles. The highest BCUT2D eigenvalue weighted by Crippen LogP contribution is 2.27. The zero-order chi connectivity index (χ0) is 15.1. The molecule has 108 valence electrons. The lowest BCUT2D eigenvalue weighted by Gasteiger charge is -2.37. The van der Waals surface area contributed by atoms with Crippen LogP contribution in [0.1, 0.15) is 0 Å². The number of anilines is 2. The Morgan fingerprint density at radius 1 is 1.14 bits per heavy atom. The molecule has 3 aromatic rings. The zero-order valence-electron chi connectivity index (χ0n) is 11.8. The average molecular weight is 290 g/mol. The van der Waals surface area contributed by atoms with Crippen LogP contribution in [0.2, 0.25) is 0 Å². The van der Waals surface area contributed by atoms with Gasteiger partial charge < -0.3 is 10.6 Å². The van der Waals surface area contributed by atoms with Crippen molar-refractivity contribution in [2.24, 2.45) is 5.92 Å². The van der Waals surface area contributed by atoms with E-state index in [4.69, 9.17) is 11.0 Å². The highest BCUT2D eigenvalue weighted by Gasteiger charge is 2.26. The Morgan fingerprint density at radius 2 is 1.91 bits per heavy atom. The van der Waals surface area contributed by atoms with Gasteiger partial charge in [0.15, 0.2) is 5.65 Å². The molecule has 1 aromatic carbocycles. The second-order valence-electron chi connectivity index (χ2n) is 5.43. The molecule has 6 nitrogen and oxygen atoms in total. The first-order chi connectivity index (χ1) is 10.7. The SMILES string of the molecule is N#CC1CN(c2ccc(-c3cccc4nc(N)nn34)cc2)C1. The molecule has 0 atom stereocenters. The van der Waals surface area contributed by atoms with Gasteiger partial charge in [-0.2, -0.15) is 10.2 Å². The number of nitrogens with two attached hydrogens (primary N) is 1. The van der Waals surface area contributed by atoms with Crippen LogP contribution >= 0.6 is 0 Å². The van der Waals surface area contributed by atoms with E-state index >= 15 is 0 Å². The van der Waals surface area contributed by atoms with Gasteiger partial charge in [0.05, 0.1) is 17.7 Å². The van der Waals surface area contributed by atoms with E-state index in [1.807, 2.05) is 18.2 Å². The van der Waals surface area contributed by atoms with Crippen LogP contribution in [-0.4, -0.2) is 27.7 Å². The predicted octanol–water partition coefficient (Wildman–Crippen LogP) is 1.94. The second-order valence-corrected chi connectivity index (χ2v) is 5.43. The molecule has 1 aliphatic rings. The lowest BCUT2D eigenvalue weighted by molar-refractivity contribution is 0.504. The predicted molar refractivity (Wildman–Crippen MR) is 84.2 cm³/mol. The summed E-state index contributed by atoms with van der Waals surface area (Å²) < 4.78 is 1.75. The minimum Gasteiger partial charge on any atom is -0.369 e. The number of hydrogen-bond donors (Lipinski definition) is 1. The van der Waals surface area contributed by atoms with Gasteiger partial charge in [-0.05, 0) is 24.3 Å². The molecule has 0 amide bonds. The van der Waals surface area contributed by atoms with Crippen molar-refractivity contribution < 1.29 is 0 Å². The minimum absolute atomic E-state index is 0.159. The van der Waals surface area contributed by atoms with Gasteiger partial charge in [0.2, 0.25) is 5.95 Å². The number of pyridine rings is 1. The van der Waals surface area contributed by atoms with Crippen LogP contribution in [-0.2, 0) is 0 Å². The molecule has 2 N–H and O–H groups in total. The fourth-order valence-corrected chi connectivity index (χ4v) is 2.75. The van der Waals surface area contributed by atoms with Crippen LogP contribution in [0.3, 0.4) is 0 Å². The Balaban J connectivity index is 1.67. The van der Waals surface area contributed by atoms with Crippen molar-refractivity contribution in [2.75, 3.05) is 23.7 Å². The highest BCUT2D eigenvalue weighted by atomic mass is 15.3. The largest absolute Gasteiger partial charge is 0.369 e. The van der Waals surface area contributed by atoms with Crippen LogP contribution in [0.15, 0.2) is 42.5 Å². The van der Waals surface area contributed by atoms with Gasteiger partial charge in [-0.1, -0.05) is 18.2 Å². The van der Waals surface area contributed by atoms with E-state index in [1.165, 1.54) is 0 Å². The van der Waals surface area contributed by atoms with Gasteiger partial charge in [0, 0.05) is 24.3 Å². The highest BCUT2D eigenvalue weighted by molar-refractivity contribution is 5.66. The Kier molecular flexibility index (Phi) is 2.73. The summed E-state index contributed by atoms with van der Waals surface area (Å²) in [6, 6.07) is 16.4. The molecule has 1 aliphatic heterocycles. The summed E-state index contributed by atoms with van der Waals surface area (Å²) in [6.07, 6.45) is 0. The summed E-state index contributed by atoms with van der Waals surface area (Å²) in [4.78, 5) is 6.38. The summed E-state index contributed by atoms with van der Waals surface area (Å²) in [5.41, 5.74) is 9.55. The van der Waals surface area contributed by atoms with Crippen molar-refractivity contribution >= 4 is 17.3 Å². The molecular weight excluding hydrogens is 276 g/mol. The molecule has 6 heteroatoms. The summed E-state index contributed by atoms with van der Waals surface area (Å²) in [5.74, 6) is 0.429. The molecule has 4 rings (SSSR count). The second kappa shape index (κ2) is 4.74. The number of aromatic nitrogens is 3. The first-order valence-electron chi connectivity index (χ1n) is 7.11. The minimum atomic E-state index is 0.159. The molecule has 0 spiro atoms. The normalized spacial score (nSPS) is 14.8. The lowest BCUT2D eigenvalue weighted by atomic mass is 10.0. The van der Waals surface area contributed by atoms with Crippen molar-refractivity contribution in [1.82, 2.24) is 14.6 Å². The van der Waals surface area contributed by atoms with E-state index in [2.05, 4.69) is 45.3 Å². The number of nitrogens with zero attached hydrogens (tertiary/aromatic N) is 5. The van der Waals surface area contributed by atoms with Crippen LogP contribution in [0.5, 0.6) is 0 Å². The molecule has 0 aliphatic carbocycles. The fraction of sp³-hybridized carbons (Fsp3) is 0.188. The summed E-state index contributed by atoms with van der Waals surface area (Å²) >= 11 is 0. The Labute approximate surface area is 127 Å². The third-order valence-electron chi connectivity index (χ3n) is 3.97. The van der Waals surface area contributed by atoms with Crippen molar-refractivity contribution in [3.63, 3.8) is 0 Å². The topological polar surface area (TPSA) is 83.2 Å². The molecular formula is C16H14N6. The Bertz CT molecular complexity index is 868. The monoisotopic (exact) mass is 290 g/mol. The molecule has 22 heavy (non-hydrogen) atoms. The Morgan fingerprint density at radius 3 is 2.64 bits per heavy atom. The first kappa shape index (κ1) is 12.7. The van der Waals surface area contributed by atoms with E-state index < -0.39 is 0 Å². The number of nitriles is 1. The molecule has 2 aromatic heterocycles. The summed E-state index contributed by atoms with van der Waals surface area (Å²) in [5, 5.41) is 13.1. The van der Waals surface area contributed by atoms with Gasteiger partial charge >= 0.3 is 0 Å². The first-order valence-corrected chi connectivity index (χ1v) is 7.11. The van der Waals surface area contributed by atoms with E-state index in [0.29, 0.717) is 0 Å². The third kappa shape index (κ3) is 1.95. The number of nitrogen functional groups attached to an aromatic ring is 1. The summed E-state index contributed by atoms with van der Waals surface area (Å²) in [7, 11) is 0. The average Bonchev–Trinajstić information content (AvgIpc) is 2.87. The molecule has 0 radical (unpaired) electrons. The quantitative estimate of drug-likeness (QED) is 0.779. The lowest BCUT2D eigenvalue weighted by Crippen LogP contribution is -2.45. The standard InChI is InChI=1S/C16H14N6/c17-8-11-9-21(10-11)13-6-4-12(5-7-13)14-2-1-3-15-19-16(18)20-22(14)15/h1-7,11H,9-10H2,(H2,18,20). The van der Waals surface area contributed by atoms with Gasteiger partial charge in [0.25, 0.3) is 0 Å². The van der Waals surface area contributed by atoms with E-state index in [1.54, 1.807) is 4.52 Å². The number of benzene rings is 1. The Hall–Kier alpha value is -3.07. The number of hydrogen-bond acceptors (Lipinski definition) is 5. The third-order valence-corrected chi connectivity index (χ3v) is 3.97.